The van der Waals surface area contributed by atoms with Crippen LogP contribution < -0.4 is 5.32 Å². The van der Waals surface area contributed by atoms with E-state index in [9.17, 15) is 0 Å². The van der Waals surface area contributed by atoms with E-state index in [2.05, 4.69) is 20.3 Å². The summed E-state index contributed by atoms with van der Waals surface area (Å²) in [6.07, 6.45) is 3.51. The fourth-order valence-electron chi connectivity index (χ4n) is 1.42. The molecule has 1 N–H and O–H groups in total. The summed E-state index contributed by atoms with van der Waals surface area (Å²) in [6.45, 7) is 4.91. The summed E-state index contributed by atoms with van der Waals surface area (Å²) in [5, 5.41) is 3.15. The van der Waals surface area contributed by atoms with Gasteiger partial charge in [0.1, 0.15) is 11.5 Å². The number of rotatable bonds is 3. The molecular formula is C12H14N4. The van der Waals surface area contributed by atoms with E-state index in [0.29, 0.717) is 5.82 Å². The quantitative estimate of drug-likeness (QED) is 0.851. The molecule has 0 amide bonds. The van der Waals surface area contributed by atoms with Gasteiger partial charge in [0.15, 0.2) is 5.82 Å². The Kier molecular flexibility index (Phi) is 3.10. The molecule has 2 aromatic rings. The number of hydrogen-bond donors (Lipinski definition) is 1. The smallest absolute Gasteiger partial charge is 0.180 e. The summed E-state index contributed by atoms with van der Waals surface area (Å²) in [7, 11) is 0. The van der Waals surface area contributed by atoms with E-state index in [-0.39, 0.29) is 0 Å². The molecule has 0 spiro atoms. The second-order valence-corrected chi connectivity index (χ2v) is 3.51. The highest BCUT2D eigenvalue weighted by Gasteiger charge is 2.03. The first-order chi connectivity index (χ1) is 7.79. The number of nitrogens with one attached hydrogen (secondary N) is 1. The van der Waals surface area contributed by atoms with Crippen molar-refractivity contribution in [3.05, 3.63) is 36.2 Å². The van der Waals surface area contributed by atoms with Gasteiger partial charge in [0.05, 0.1) is 0 Å². The summed E-state index contributed by atoms with van der Waals surface area (Å²) in [5.74, 6) is 1.48. The summed E-state index contributed by atoms with van der Waals surface area (Å²) in [4.78, 5) is 12.9. The number of hydrogen-bond acceptors (Lipinski definition) is 4. The lowest BCUT2D eigenvalue weighted by Gasteiger charge is -2.04. The van der Waals surface area contributed by atoms with E-state index < -0.39 is 0 Å². The van der Waals surface area contributed by atoms with Crippen LogP contribution in [-0.4, -0.2) is 21.5 Å². The van der Waals surface area contributed by atoms with Crippen LogP contribution in [0.5, 0.6) is 0 Å². The molecule has 2 heterocycles. The molecule has 0 saturated heterocycles. The van der Waals surface area contributed by atoms with Gasteiger partial charge in [0, 0.05) is 18.9 Å². The van der Waals surface area contributed by atoms with Crippen molar-refractivity contribution in [2.45, 2.75) is 13.8 Å². The Balaban J connectivity index is 2.36. The molecule has 0 atom stereocenters. The van der Waals surface area contributed by atoms with Crippen molar-refractivity contribution in [1.82, 2.24) is 15.0 Å². The van der Waals surface area contributed by atoms with Gasteiger partial charge < -0.3 is 5.32 Å². The van der Waals surface area contributed by atoms with Crippen molar-refractivity contribution in [3.8, 4) is 11.5 Å². The molecule has 0 radical (unpaired) electrons. The first kappa shape index (κ1) is 10.5. The van der Waals surface area contributed by atoms with Crippen LogP contribution in [0.15, 0.2) is 30.6 Å². The Morgan fingerprint density at radius 2 is 2.00 bits per heavy atom. The predicted octanol–water partition coefficient (Wildman–Crippen LogP) is 2.28. The number of pyridine rings is 1. The summed E-state index contributed by atoms with van der Waals surface area (Å²) in [6, 6.07) is 5.78. The number of nitrogens with zero attached hydrogens (tertiary/aromatic N) is 3. The van der Waals surface area contributed by atoms with Crippen LogP contribution in [0.3, 0.4) is 0 Å². The monoisotopic (exact) mass is 214 g/mol. The molecule has 82 valence electrons. The van der Waals surface area contributed by atoms with Gasteiger partial charge in [-0.3, -0.25) is 4.98 Å². The Bertz CT molecular complexity index is 482. The third-order valence-corrected chi connectivity index (χ3v) is 2.16. The average Bonchev–Trinajstić information content (AvgIpc) is 2.30. The van der Waals surface area contributed by atoms with E-state index in [1.54, 1.807) is 12.4 Å². The first-order valence-corrected chi connectivity index (χ1v) is 5.29. The highest BCUT2D eigenvalue weighted by atomic mass is 15.0. The third kappa shape index (κ3) is 2.34. The molecule has 0 aliphatic carbocycles. The van der Waals surface area contributed by atoms with Crippen molar-refractivity contribution < 1.29 is 0 Å². The Hall–Kier alpha value is -1.97. The molecule has 0 bridgehead atoms. The van der Waals surface area contributed by atoms with Gasteiger partial charge in [0.2, 0.25) is 0 Å². The molecular weight excluding hydrogens is 200 g/mol. The van der Waals surface area contributed by atoms with Crippen molar-refractivity contribution in [2.75, 3.05) is 11.9 Å². The number of aryl methyl sites for hydroxylation is 1. The third-order valence-electron chi connectivity index (χ3n) is 2.16. The fraction of sp³-hybridized carbons (Fsp3) is 0.250. The maximum absolute atomic E-state index is 4.39. The van der Waals surface area contributed by atoms with Gasteiger partial charge in [-0.1, -0.05) is 0 Å². The van der Waals surface area contributed by atoms with Crippen LogP contribution >= 0.6 is 0 Å². The number of anilines is 1. The largest absolute Gasteiger partial charge is 0.370 e. The molecule has 0 aliphatic heterocycles. The minimum absolute atomic E-state index is 0.655. The highest BCUT2D eigenvalue weighted by Crippen LogP contribution is 2.14. The van der Waals surface area contributed by atoms with Gasteiger partial charge in [0.25, 0.3) is 0 Å². The zero-order valence-electron chi connectivity index (χ0n) is 9.44. The second kappa shape index (κ2) is 4.70. The maximum Gasteiger partial charge on any atom is 0.180 e. The van der Waals surface area contributed by atoms with Crippen LogP contribution in [0.2, 0.25) is 0 Å². The zero-order chi connectivity index (χ0) is 11.4. The SMILES string of the molecule is CCNc1ccnc(-c2cc(C)ccn2)n1. The average molecular weight is 214 g/mol. The van der Waals surface area contributed by atoms with Crippen LogP contribution in [0.4, 0.5) is 5.82 Å². The van der Waals surface area contributed by atoms with Gasteiger partial charge in [-0.15, -0.1) is 0 Å². The van der Waals surface area contributed by atoms with Crippen LogP contribution in [-0.2, 0) is 0 Å². The Morgan fingerprint density at radius 1 is 1.19 bits per heavy atom. The second-order valence-electron chi connectivity index (χ2n) is 3.51. The normalized spacial score (nSPS) is 10.1. The van der Waals surface area contributed by atoms with E-state index in [4.69, 9.17) is 0 Å². The predicted molar refractivity (Wildman–Crippen MR) is 64.2 cm³/mol. The van der Waals surface area contributed by atoms with Crippen molar-refractivity contribution >= 4 is 5.82 Å². The zero-order valence-corrected chi connectivity index (χ0v) is 9.44. The molecule has 4 heteroatoms. The van der Waals surface area contributed by atoms with E-state index in [1.165, 1.54) is 0 Å². The van der Waals surface area contributed by atoms with Crippen molar-refractivity contribution in [1.29, 1.82) is 0 Å². The van der Waals surface area contributed by atoms with Crippen LogP contribution in [0, 0.1) is 6.92 Å². The number of aromatic nitrogens is 3. The molecule has 0 aliphatic rings. The van der Waals surface area contributed by atoms with E-state index in [0.717, 1.165) is 23.6 Å². The van der Waals surface area contributed by atoms with Crippen LogP contribution in [0.25, 0.3) is 11.5 Å². The molecule has 4 nitrogen and oxygen atoms in total. The Morgan fingerprint density at radius 3 is 2.75 bits per heavy atom. The van der Waals surface area contributed by atoms with Crippen molar-refractivity contribution in [2.24, 2.45) is 0 Å². The maximum atomic E-state index is 4.39. The molecule has 0 unspecified atom stereocenters. The summed E-state index contributed by atoms with van der Waals surface area (Å²) < 4.78 is 0. The first-order valence-electron chi connectivity index (χ1n) is 5.29. The molecule has 2 rings (SSSR count). The van der Waals surface area contributed by atoms with E-state index >= 15 is 0 Å². The standard InChI is InChI=1S/C12H14N4/c1-3-13-11-5-7-15-12(16-11)10-8-9(2)4-6-14-10/h4-8H,3H2,1-2H3,(H,13,15,16). The van der Waals surface area contributed by atoms with Crippen molar-refractivity contribution in [3.63, 3.8) is 0 Å². The minimum atomic E-state index is 0.655. The molecule has 2 aromatic heterocycles. The molecule has 0 saturated carbocycles. The minimum Gasteiger partial charge on any atom is -0.370 e. The molecule has 0 aromatic carbocycles. The van der Waals surface area contributed by atoms with Crippen LogP contribution in [0.1, 0.15) is 12.5 Å². The highest BCUT2D eigenvalue weighted by molar-refractivity contribution is 5.52. The van der Waals surface area contributed by atoms with Gasteiger partial charge in [-0.2, -0.15) is 0 Å². The summed E-state index contributed by atoms with van der Waals surface area (Å²) >= 11 is 0. The molecule has 0 fully saturated rings. The lowest BCUT2D eigenvalue weighted by molar-refractivity contribution is 1.10. The van der Waals surface area contributed by atoms with Gasteiger partial charge in [-0.05, 0) is 37.6 Å². The fourth-order valence-corrected chi connectivity index (χ4v) is 1.42. The Labute approximate surface area is 94.8 Å². The lowest BCUT2D eigenvalue weighted by atomic mass is 10.2. The molecule has 16 heavy (non-hydrogen) atoms. The van der Waals surface area contributed by atoms with E-state index in [1.807, 2.05) is 32.0 Å². The van der Waals surface area contributed by atoms with Gasteiger partial charge >= 0.3 is 0 Å². The topological polar surface area (TPSA) is 50.7 Å². The lowest BCUT2D eigenvalue weighted by Crippen LogP contribution is -2.01. The summed E-state index contributed by atoms with van der Waals surface area (Å²) in [5.41, 5.74) is 1.96. The van der Waals surface area contributed by atoms with Gasteiger partial charge in [-0.25, -0.2) is 9.97 Å².